The van der Waals surface area contributed by atoms with Crippen LogP contribution in [0.25, 0.3) is 0 Å². The molecule has 2 rings (SSSR count). The lowest BCUT2D eigenvalue weighted by molar-refractivity contribution is 0.483. The number of halogens is 1. The van der Waals surface area contributed by atoms with Crippen molar-refractivity contribution < 1.29 is 17.4 Å². The maximum absolute atomic E-state index is 12.3. The van der Waals surface area contributed by atoms with E-state index in [1.54, 1.807) is 18.2 Å². The smallest absolute Gasteiger partial charge is 0.282 e. The maximum Gasteiger partial charge on any atom is 0.294 e. The van der Waals surface area contributed by atoms with E-state index in [2.05, 4.69) is 4.98 Å². The van der Waals surface area contributed by atoms with Gasteiger partial charge in [0, 0.05) is 6.20 Å². The molecule has 104 valence electrons. The van der Waals surface area contributed by atoms with Gasteiger partial charge in [0.1, 0.15) is 6.07 Å². The van der Waals surface area contributed by atoms with Gasteiger partial charge in [-0.15, -0.1) is 0 Å². The summed E-state index contributed by atoms with van der Waals surface area (Å²) in [6, 6.07) is 10.2. The second kappa shape index (κ2) is 6.75. The molecular weight excluding hydrogens is 283 g/mol. The van der Waals surface area contributed by atoms with E-state index in [1.807, 2.05) is 6.92 Å². The van der Waals surface area contributed by atoms with Crippen molar-refractivity contribution in [3.8, 4) is 6.07 Å². The first-order valence-electron chi connectivity index (χ1n) is 5.39. The van der Waals surface area contributed by atoms with Crippen LogP contribution >= 0.6 is 0 Å². The predicted molar refractivity (Wildman–Crippen MR) is 69.9 cm³/mol. The molecule has 0 saturated carbocycles. The van der Waals surface area contributed by atoms with Crippen LogP contribution in [0.15, 0.2) is 47.5 Å². The molecule has 7 heteroatoms. The third kappa shape index (κ3) is 4.76. The molecule has 0 saturated heterocycles. The Kier molecular flexibility index (Phi) is 5.32. The summed E-state index contributed by atoms with van der Waals surface area (Å²) in [6.07, 6.45) is 1.38. The van der Waals surface area contributed by atoms with Gasteiger partial charge in [-0.05, 0) is 31.2 Å². The topological polar surface area (TPSA) is 91.0 Å². The van der Waals surface area contributed by atoms with Gasteiger partial charge in [0.05, 0.1) is 4.90 Å². The van der Waals surface area contributed by atoms with Crippen LogP contribution < -0.4 is 0 Å². The second-order valence-corrected chi connectivity index (χ2v) is 5.16. The maximum atomic E-state index is 12.3. The van der Waals surface area contributed by atoms with Crippen LogP contribution in [-0.4, -0.2) is 18.0 Å². The quantitative estimate of drug-likeness (QED) is 0.815. The zero-order valence-corrected chi connectivity index (χ0v) is 11.3. The van der Waals surface area contributed by atoms with E-state index in [9.17, 15) is 12.8 Å². The zero-order valence-electron chi connectivity index (χ0n) is 10.5. The first-order chi connectivity index (χ1) is 9.34. The fourth-order valence-corrected chi connectivity index (χ4v) is 1.66. The lowest BCUT2D eigenvalue weighted by Gasteiger charge is -1.95. The number of benzene rings is 1. The number of aromatic nitrogens is 1. The third-order valence-electron chi connectivity index (χ3n) is 2.18. The molecule has 0 aliphatic carbocycles. The molecule has 0 atom stereocenters. The Morgan fingerprint density at radius 3 is 2.25 bits per heavy atom. The molecule has 1 N–H and O–H groups in total. The van der Waals surface area contributed by atoms with Gasteiger partial charge in [0.2, 0.25) is 0 Å². The number of rotatable bonds is 1. The van der Waals surface area contributed by atoms with Gasteiger partial charge < -0.3 is 0 Å². The van der Waals surface area contributed by atoms with Crippen molar-refractivity contribution >= 4 is 10.1 Å². The van der Waals surface area contributed by atoms with Crippen LogP contribution in [0.1, 0.15) is 11.3 Å². The van der Waals surface area contributed by atoms with Gasteiger partial charge in [0.25, 0.3) is 10.1 Å². The second-order valence-electron chi connectivity index (χ2n) is 3.73. The fraction of sp³-hybridized carbons (Fsp3) is 0.0769. The minimum atomic E-state index is -4.02. The van der Waals surface area contributed by atoms with Crippen molar-refractivity contribution in [2.75, 3.05) is 0 Å². The molecule has 0 amide bonds. The highest BCUT2D eigenvalue weighted by Gasteiger charge is 2.06. The van der Waals surface area contributed by atoms with Gasteiger partial charge >= 0.3 is 0 Å². The van der Waals surface area contributed by atoms with Crippen molar-refractivity contribution in [2.24, 2.45) is 0 Å². The Morgan fingerprint density at radius 2 is 1.85 bits per heavy atom. The summed E-state index contributed by atoms with van der Waals surface area (Å²) in [7, 11) is -4.02. The van der Waals surface area contributed by atoms with E-state index in [0.29, 0.717) is 0 Å². The van der Waals surface area contributed by atoms with Gasteiger partial charge in [0.15, 0.2) is 11.5 Å². The third-order valence-corrected chi connectivity index (χ3v) is 3.05. The monoisotopic (exact) mass is 294 g/mol. The van der Waals surface area contributed by atoms with Crippen LogP contribution in [0, 0.1) is 24.1 Å². The molecule has 1 aromatic carbocycles. The number of nitrogens with zero attached hydrogens (tertiary/aromatic N) is 2. The molecule has 0 radical (unpaired) electrons. The first-order valence-corrected chi connectivity index (χ1v) is 6.83. The van der Waals surface area contributed by atoms with Gasteiger partial charge in [-0.25, -0.2) is 9.37 Å². The highest BCUT2D eigenvalue weighted by atomic mass is 32.2. The summed E-state index contributed by atoms with van der Waals surface area (Å²) < 4.78 is 41.9. The molecule has 2 aromatic rings. The number of hydrogen-bond acceptors (Lipinski definition) is 4. The van der Waals surface area contributed by atoms with Crippen molar-refractivity contribution in [2.45, 2.75) is 11.8 Å². The summed E-state index contributed by atoms with van der Waals surface area (Å²) in [5.41, 5.74) is 0.801. The van der Waals surface area contributed by atoms with Crippen molar-refractivity contribution in [1.82, 2.24) is 4.98 Å². The van der Waals surface area contributed by atoms with Crippen LogP contribution in [0.2, 0.25) is 0 Å². The molecule has 20 heavy (non-hydrogen) atoms. The summed E-state index contributed by atoms with van der Waals surface area (Å²) >= 11 is 0. The van der Waals surface area contributed by atoms with Crippen molar-refractivity contribution in [1.29, 1.82) is 5.26 Å². The Bertz CT molecular complexity index is 722. The van der Waals surface area contributed by atoms with Crippen LogP contribution in [-0.2, 0) is 10.1 Å². The molecule has 0 aliphatic rings. The molecule has 0 fully saturated rings. The molecule has 5 nitrogen and oxygen atoms in total. The lowest BCUT2D eigenvalue weighted by atomic mass is 10.2. The first kappa shape index (κ1) is 15.8. The largest absolute Gasteiger partial charge is 0.294 e. The fourth-order valence-electron chi connectivity index (χ4n) is 1.18. The normalized spacial score (nSPS) is 10.1. The molecule has 1 heterocycles. The van der Waals surface area contributed by atoms with Crippen molar-refractivity contribution in [3.63, 3.8) is 0 Å². The van der Waals surface area contributed by atoms with E-state index in [1.165, 1.54) is 30.5 Å². The average molecular weight is 294 g/mol. The highest BCUT2D eigenvalue weighted by molar-refractivity contribution is 7.85. The molecule has 0 spiro atoms. The Labute approximate surface area is 116 Å². The Balaban J connectivity index is 0.000000204. The van der Waals surface area contributed by atoms with Crippen LogP contribution in [0.4, 0.5) is 4.39 Å². The summed E-state index contributed by atoms with van der Waals surface area (Å²) in [5, 5.41) is 8.17. The number of aryl methyl sites for hydroxylation is 1. The zero-order chi connectivity index (χ0) is 15.2. The minimum Gasteiger partial charge on any atom is -0.282 e. The molecule has 0 unspecified atom stereocenters. The molecular formula is C13H11FN2O3S. The van der Waals surface area contributed by atoms with E-state index in [-0.39, 0.29) is 10.6 Å². The Morgan fingerprint density at radius 1 is 1.25 bits per heavy atom. The van der Waals surface area contributed by atoms with E-state index < -0.39 is 15.9 Å². The van der Waals surface area contributed by atoms with Gasteiger partial charge in [-0.1, -0.05) is 17.7 Å². The van der Waals surface area contributed by atoms with Gasteiger partial charge in [-0.3, -0.25) is 4.55 Å². The van der Waals surface area contributed by atoms with E-state index in [4.69, 9.17) is 9.81 Å². The van der Waals surface area contributed by atoms with Gasteiger partial charge in [-0.2, -0.15) is 13.7 Å². The standard InChI is InChI=1S/C7H8O3S.C6H3FN2/c1-6-2-4-7(5-3-6)11(8,9)10;7-5-2-1-3-9-6(5)4-8/h2-5H,1H3,(H,8,9,10);1-3H. The SMILES string of the molecule is Cc1ccc(S(=O)(=O)O)cc1.N#Cc1ncccc1F. The molecule has 0 aliphatic heterocycles. The Hall–Kier alpha value is -2.30. The van der Waals surface area contributed by atoms with E-state index in [0.717, 1.165) is 5.56 Å². The number of nitriles is 1. The highest BCUT2D eigenvalue weighted by Crippen LogP contribution is 2.08. The molecule has 0 bridgehead atoms. The predicted octanol–water partition coefficient (Wildman–Crippen LogP) is 2.33. The van der Waals surface area contributed by atoms with Crippen LogP contribution in [0.3, 0.4) is 0 Å². The van der Waals surface area contributed by atoms with E-state index >= 15 is 0 Å². The number of hydrogen-bond donors (Lipinski definition) is 1. The lowest BCUT2D eigenvalue weighted by Crippen LogP contribution is -1.96. The minimum absolute atomic E-state index is 0.0666. The summed E-state index contributed by atoms with van der Waals surface area (Å²) in [5.74, 6) is -0.569. The van der Waals surface area contributed by atoms with Crippen molar-refractivity contribution in [3.05, 3.63) is 59.7 Å². The average Bonchev–Trinajstić information content (AvgIpc) is 2.39. The number of pyridine rings is 1. The molecule has 1 aromatic heterocycles. The summed E-state index contributed by atoms with van der Waals surface area (Å²) in [4.78, 5) is 3.39. The van der Waals surface area contributed by atoms with Crippen LogP contribution in [0.5, 0.6) is 0 Å². The summed E-state index contributed by atoms with van der Waals surface area (Å²) in [6.45, 7) is 1.84.